The van der Waals surface area contributed by atoms with Crippen LogP contribution in [0.4, 0.5) is 18.9 Å². The number of anilines is 1. The van der Waals surface area contributed by atoms with Crippen LogP contribution in [0.15, 0.2) is 18.2 Å². The molecule has 0 bridgehead atoms. The van der Waals surface area contributed by atoms with E-state index in [4.69, 9.17) is 11.6 Å². The minimum Gasteiger partial charge on any atom is -0.323 e. The number of amides is 1. The SMILES string of the molecule is CCC1(C(=O)Nc2cc(C(F)(F)F)ccc2Cl)CCCN1. The van der Waals surface area contributed by atoms with E-state index in [1.165, 1.54) is 0 Å². The van der Waals surface area contributed by atoms with Crippen LogP contribution in [-0.2, 0) is 11.0 Å². The van der Waals surface area contributed by atoms with Crippen molar-refractivity contribution in [2.75, 3.05) is 11.9 Å². The summed E-state index contributed by atoms with van der Waals surface area (Å²) in [6, 6.07) is 2.89. The number of halogens is 4. The van der Waals surface area contributed by atoms with Crippen LogP contribution in [-0.4, -0.2) is 18.0 Å². The second-order valence-corrected chi connectivity index (χ2v) is 5.52. The first-order valence-corrected chi connectivity index (χ1v) is 7.09. The molecule has 1 aromatic rings. The van der Waals surface area contributed by atoms with Crippen molar-refractivity contribution >= 4 is 23.2 Å². The Balaban J connectivity index is 2.25. The van der Waals surface area contributed by atoms with Crippen molar-refractivity contribution in [1.82, 2.24) is 5.32 Å². The lowest BCUT2D eigenvalue weighted by molar-refractivity contribution is -0.137. The molecule has 0 saturated carbocycles. The number of hydrogen-bond acceptors (Lipinski definition) is 2. The summed E-state index contributed by atoms with van der Waals surface area (Å²) < 4.78 is 38.1. The molecule has 1 amide bonds. The van der Waals surface area contributed by atoms with Gasteiger partial charge < -0.3 is 10.6 Å². The highest BCUT2D eigenvalue weighted by molar-refractivity contribution is 6.33. The first-order chi connectivity index (χ1) is 9.78. The molecule has 0 aromatic heterocycles. The molecule has 0 spiro atoms. The second kappa shape index (κ2) is 5.85. The van der Waals surface area contributed by atoms with Crippen molar-refractivity contribution in [3.05, 3.63) is 28.8 Å². The zero-order valence-corrected chi connectivity index (χ0v) is 12.2. The largest absolute Gasteiger partial charge is 0.416 e. The molecule has 116 valence electrons. The summed E-state index contributed by atoms with van der Waals surface area (Å²) in [5.74, 6) is -0.344. The zero-order valence-electron chi connectivity index (χ0n) is 11.5. The molecule has 0 aliphatic carbocycles. The standard InChI is InChI=1S/C14H16ClF3N2O/c1-2-13(6-3-7-19-13)12(21)20-11-8-9(14(16,17)18)4-5-10(11)15/h4-5,8,19H,2-3,6-7H2,1H3,(H,20,21). The minimum atomic E-state index is -4.47. The summed E-state index contributed by atoms with van der Waals surface area (Å²) in [6.07, 6.45) is -2.39. The first kappa shape index (κ1) is 16.1. The van der Waals surface area contributed by atoms with Gasteiger partial charge in [0.1, 0.15) is 0 Å². The zero-order chi connectivity index (χ0) is 15.7. The molecule has 7 heteroatoms. The van der Waals surface area contributed by atoms with Gasteiger partial charge in [-0.15, -0.1) is 0 Å². The highest BCUT2D eigenvalue weighted by Crippen LogP contribution is 2.34. The monoisotopic (exact) mass is 320 g/mol. The Morgan fingerprint density at radius 1 is 1.48 bits per heavy atom. The van der Waals surface area contributed by atoms with Crippen LogP contribution in [0.25, 0.3) is 0 Å². The van der Waals surface area contributed by atoms with Gasteiger partial charge in [0.2, 0.25) is 5.91 Å². The van der Waals surface area contributed by atoms with E-state index in [-0.39, 0.29) is 16.6 Å². The van der Waals surface area contributed by atoms with E-state index in [1.54, 1.807) is 0 Å². The molecule has 1 aromatic carbocycles. The Bertz CT molecular complexity index is 540. The van der Waals surface area contributed by atoms with E-state index in [0.29, 0.717) is 12.8 Å². The summed E-state index contributed by atoms with van der Waals surface area (Å²) in [5.41, 5.74) is -1.58. The number of nitrogens with one attached hydrogen (secondary N) is 2. The fourth-order valence-electron chi connectivity index (χ4n) is 2.50. The fraction of sp³-hybridized carbons (Fsp3) is 0.500. The van der Waals surface area contributed by atoms with E-state index in [2.05, 4.69) is 10.6 Å². The molecule has 21 heavy (non-hydrogen) atoms. The van der Waals surface area contributed by atoms with E-state index in [1.807, 2.05) is 6.92 Å². The third kappa shape index (κ3) is 3.32. The van der Waals surface area contributed by atoms with Crippen LogP contribution >= 0.6 is 11.6 Å². The van der Waals surface area contributed by atoms with Gasteiger partial charge in [-0.05, 0) is 44.0 Å². The number of hydrogen-bond donors (Lipinski definition) is 2. The molecule has 0 radical (unpaired) electrons. The van der Waals surface area contributed by atoms with Crippen molar-refractivity contribution < 1.29 is 18.0 Å². The number of carbonyl (C=O) groups excluding carboxylic acids is 1. The third-order valence-corrected chi connectivity index (χ3v) is 4.15. The van der Waals surface area contributed by atoms with Crippen molar-refractivity contribution in [3.63, 3.8) is 0 Å². The van der Waals surface area contributed by atoms with Gasteiger partial charge in [0.05, 0.1) is 21.8 Å². The van der Waals surface area contributed by atoms with E-state index >= 15 is 0 Å². The van der Waals surface area contributed by atoms with Crippen LogP contribution < -0.4 is 10.6 Å². The normalized spacial score (nSPS) is 22.3. The van der Waals surface area contributed by atoms with E-state index in [0.717, 1.165) is 31.2 Å². The van der Waals surface area contributed by atoms with Gasteiger partial charge in [0.15, 0.2) is 0 Å². The Morgan fingerprint density at radius 2 is 2.19 bits per heavy atom. The molecule has 1 aliphatic heterocycles. The summed E-state index contributed by atoms with van der Waals surface area (Å²) >= 11 is 5.88. The molecule has 3 nitrogen and oxygen atoms in total. The Labute approximate surface area is 125 Å². The number of rotatable bonds is 3. The summed E-state index contributed by atoms with van der Waals surface area (Å²) in [6.45, 7) is 2.59. The molecule has 2 rings (SSSR count). The molecule has 1 unspecified atom stereocenters. The highest BCUT2D eigenvalue weighted by atomic mass is 35.5. The van der Waals surface area contributed by atoms with Crippen molar-refractivity contribution in [1.29, 1.82) is 0 Å². The quantitative estimate of drug-likeness (QED) is 0.888. The summed E-state index contributed by atoms with van der Waals surface area (Å²) in [7, 11) is 0. The Morgan fingerprint density at radius 3 is 2.71 bits per heavy atom. The topological polar surface area (TPSA) is 41.1 Å². The molecule has 1 atom stereocenters. The molecule has 2 N–H and O–H groups in total. The summed E-state index contributed by atoms with van der Waals surface area (Å²) in [4.78, 5) is 12.4. The minimum absolute atomic E-state index is 0.0157. The lowest BCUT2D eigenvalue weighted by Gasteiger charge is -2.27. The molecule has 1 saturated heterocycles. The van der Waals surface area contributed by atoms with E-state index < -0.39 is 17.3 Å². The van der Waals surface area contributed by atoms with Crippen LogP contribution in [0, 0.1) is 0 Å². The Hall–Kier alpha value is -1.27. The first-order valence-electron chi connectivity index (χ1n) is 6.72. The van der Waals surface area contributed by atoms with Crippen LogP contribution in [0.2, 0.25) is 5.02 Å². The predicted molar refractivity (Wildman–Crippen MR) is 75.3 cm³/mol. The maximum Gasteiger partial charge on any atom is 0.416 e. The highest BCUT2D eigenvalue weighted by Gasteiger charge is 2.39. The molecule has 1 fully saturated rings. The fourth-order valence-corrected chi connectivity index (χ4v) is 2.67. The smallest absolute Gasteiger partial charge is 0.323 e. The molecular formula is C14H16ClF3N2O. The average molecular weight is 321 g/mol. The Kier molecular flexibility index (Phi) is 4.49. The molecular weight excluding hydrogens is 305 g/mol. The average Bonchev–Trinajstić information content (AvgIpc) is 2.90. The van der Waals surface area contributed by atoms with Gasteiger partial charge in [0, 0.05) is 0 Å². The number of alkyl halides is 3. The van der Waals surface area contributed by atoms with Gasteiger partial charge in [0.25, 0.3) is 0 Å². The van der Waals surface area contributed by atoms with Crippen molar-refractivity contribution in [3.8, 4) is 0 Å². The van der Waals surface area contributed by atoms with Crippen LogP contribution in [0.5, 0.6) is 0 Å². The maximum absolute atomic E-state index is 12.7. The van der Waals surface area contributed by atoms with Gasteiger partial charge in [-0.3, -0.25) is 4.79 Å². The lowest BCUT2D eigenvalue weighted by Crippen LogP contribution is -2.50. The predicted octanol–water partition coefficient (Wildman–Crippen LogP) is 3.83. The third-order valence-electron chi connectivity index (χ3n) is 3.82. The van der Waals surface area contributed by atoms with Gasteiger partial charge in [-0.1, -0.05) is 18.5 Å². The van der Waals surface area contributed by atoms with Gasteiger partial charge >= 0.3 is 6.18 Å². The van der Waals surface area contributed by atoms with Crippen LogP contribution in [0.3, 0.4) is 0 Å². The number of carbonyl (C=O) groups is 1. The molecule has 1 aliphatic rings. The summed E-state index contributed by atoms with van der Waals surface area (Å²) in [5, 5.41) is 5.73. The van der Waals surface area contributed by atoms with E-state index in [9.17, 15) is 18.0 Å². The van der Waals surface area contributed by atoms with Crippen molar-refractivity contribution in [2.45, 2.75) is 37.9 Å². The number of benzene rings is 1. The lowest BCUT2D eigenvalue weighted by atomic mass is 9.93. The van der Waals surface area contributed by atoms with Gasteiger partial charge in [-0.2, -0.15) is 13.2 Å². The van der Waals surface area contributed by atoms with Crippen LogP contribution in [0.1, 0.15) is 31.7 Å². The van der Waals surface area contributed by atoms with Crippen molar-refractivity contribution in [2.24, 2.45) is 0 Å². The van der Waals surface area contributed by atoms with Gasteiger partial charge in [-0.25, -0.2) is 0 Å². The second-order valence-electron chi connectivity index (χ2n) is 5.11. The maximum atomic E-state index is 12.7. The molecule has 1 heterocycles.